The summed E-state index contributed by atoms with van der Waals surface area (Å²) < 4.78 is 1.15. The highest BCUT2D eigenvalue weighted by molar-refractivity contribution is 9.10. The van der Waals surface area contributed by atoms with Gasteiger partial charge in [-0.1, -0.05) is 0 Å². The van der Waals surface area contributed by atoms with Crippen LogP contribution in [0.1, 0.15) is 5.01 Å². The van der Waals surface area contributed by atoms with Gasteiger partial charge in [0.2, 0.25) is 0 Å². The highest BCUT2D eigenvalue weighted by atomic mass is 79.9. The molecule has 0 aliphatic carbocycles. The fourth-order valence-electron chi connectivity index (χ4n) is 1.21. The van der Waals surface area contributed by atoms with Crippen molar-refractivity contribution in [2.24, 2.45) is 0 Å². The molecule has 2 aromatic heterocycles. The predicted octanol–water partition coefficient (Wildman–Crippen LogP) is 3.40. The number of aromatic nitrogens is 1. The zero-order chi connectivity index (χ0) is 10.7. The average molecular weight is 303 g/mol. The molecule has 0 unspecified atom stereocenters. The summed E-state index contributed by atoms with van der Waals surface area (Å²) in [6.07, 6.45) is 2.97. The number of likely N-dealkylation sites (N-methyl/N-ethyl adjacent to an activating group) is 1. The molecule has 0 saturated heterocycles. The van der Waals surface area contributed by atoms with Gasteiger partial charge in [0.25, 0.3) is 0 Å². The Morgan fingerprint density at radius 2 is 2.33 bits per heavy atom. The van der Waals surface area contributed by atoms with Crippen molar-refractivity contribution >= 4 is 38.6 Å². The molecule has 2 heterocycles. The number of halogens is 1. The standard InChI is InChI=1S/C10H11BrN2S2/c1-12-3-2-10-13-5-9(15-10)8-4-7(11)6-14-8/h4-6,12H,2-3H2,1H3. The minimum Gasteiger partial charge on any atom is -0.319 e. The van der Waals surface area contributed by atoms with E-state index in [-0.39, 0.29) is 0 Å². The molecular weight excluding hydrogens is 292 g/mol. The summed E-state index contributed by atoms with van der Waals surface area (Å²) in [7, 11) is 1.96. The van der Waals surface area contributed by atoms with Crippen molar-refractivity contribution in [3.05, 3.63) is 27.1 Å². The SMILES string of the molecule is CNCCc1ncc(-c2cc(Br)cs2)s1. The molecule has 0 aliphatic rings. The summed E-state index contributed by atoms with van der Waals surface area (Å²) in [6, 6.07) is 2.14. The number of nitrogens with one attached hydrogen (secondary N) is 1. The minimum atomic E-state index is 0.987. The number of nitrogens with zero attached hydrogens (tertiary/aromatic N) is 1. The van der Waals surface area contributed by atoms with Crippen LogP contribution in [0, 0.1) is 0 Å². The van der Waals surface area contributed by atoms with Crippen LogP contribution < -0.4 is 5.32 Å². The molecule has 2 aromatic rings. The van der Waals surface area contributed by atoms with Gasteiger partial charge in [-0.2, -0.15) is 0 Å². The predicted molar refractivity (Wildman–Crippen MR) is 70.8 cm³/mol. The van der Waals surface area contributed by atoms with Crippen LogP contribution in [0.4, 0.5) is 0 Å². The van der Waals surface area contributed by atoms with Crippen LogP contribution in [0.15, 0.2) is 22.1 Å². The van der Waals surface area contributed by atoms with Gasteiger partial charge in [0.05, 0.1) is 9.88 Å². The van der Waals surface area contributed by atoms with Crippen LogP contribution in [0.2, 0.25) is 0 Å². The minimum absolute atomic E-state index is 0.987. The maximum absolute atomic E-state index is 4.41. The molecule has 0 spiro atoms. The zero-order valence-corrected chi connectivity index (χ0v) is 11.5. The average Bonchev–Trinajstić information content (AvgIpc) is 2.83. The van der Waals surface area contributed by atoms with Gasteiger partial charge in [-0.15, -0.1) is 22.7 Å². The van der Waals surface area contributed by atoms with Crippen molar-refractivity contribution < 1.29 is 0 Å². The first-order valence-corrected chi connectivity index (χ1v) is 7.12. The molecule has 0 radical (unpaired) electrons. The number of thiophene rings is 1. The second kappa shape index (κ2) is 5.21. The van der Waals surface area contributed by atoms with E-state index >= 15 is 0 Å². The summed E-state index contributed by atoms with van der Waals surface area (Å²) in [6.45, 7) is 0.987. The third-order valence-electron chi connectivity index (χ3n) is 1.95. The smallest absolute Gasteiger partial charge is 0.0944 e. The Bertz CT molecular complexity index is 436. The van der Waals surface area contributed by atoms with Crippen molar-refractivity contribution in [2.45, 2.75) is 6.42 Å². The maximum Gasteiger partial charge on any atom is 0.0944 e. The van der Waals surface area contributed by atoms with Crippen LogP contribution in [-0.2, 0) is 6.42 Å². The largest absolute Gasteiger partial charge is 0.319 e. The number of rotatable bonds is 4. The number of hydrogen-bond donors (Lipinski definition) is 1. The van der Waals surface area contributed by atoms with Gasteiger partial charge < -0.3 is 5.32 Å². The Kier molecular flexibility index (Phi) is 3.91. The summed E-state index contributed by atoms with van der Waals surface area (Å²) in [5, 5.41) is 6.43. The Morgan fingerprint density at radius 3 is 3.00 bits per heavy atom. The fourth-order valence-corrected chi connectivity index (χ4v) is 3.64. The Balaban J connectivity index is 2.13. The molecule has 0 saturated carbocycles. The maximum atomic E-state index is 4.41. The third kappa shape index (κ3) is 2.87. The highest BCUT2D eigenvalue weighted by Crippen LogP contribution is 2.33. The van der Waals surface area contributed by atoms with E-state index in [0.29, 0.717) is 0 Å². The third-order valence-corrected chi connectivity index (χ3v) is 4.90. The molecular formula is C10H11BrN2S2. The number of thiazole rings is 1. The van der Waals surface area contributed by atoms with Gasteiger partial charge in [-0.25, -0.2) is 4.98 Å². The molecule has 0 bridgehead atoms. The lowest BCUT2D eigenvalue weighted by Crippen LogP contribution is -2.09. The van der Waals surface area contributed by atoms with E-state index < -0.39 is 0 Å². The van der Waals surface area contributed by atoms with E-state index in [9.17, 15) is 0 Å². The van der Waals surface area contributed by atoms with Crippen molar-refractivity contribution in [3.8, 4) is 9.75 Å². The lowest BCUT2D eigenvalue weighted by Gasteiger charge is -1.92. The topological polar surface area (TPSA) is 24.9 Å². The molecule has 15 heavy (non-hydrogen) atoms. The lowest BCUT2D eigenvalue weighted by molar-refractivity contribution is 0.787. The molecule has 1 N–H and O–H groups in total. The molecule has 2 rings (SSSR count). The first-order valence-electron chi connectivity index (χ1n) is 4.63. The van der Waals surface area contributed by atoms with Gasteiger partial charge in [-0.3, -0.25) is 0 Å². The van der Waals surface area contributed by atoms with E-state index in [1.54, 1.807) is 22.7 Å². The van der Waals surface area contributed by atoms with Gasteiger partial charge >= 0.3 is 0 Å². The second-order valence-corrected chi connectivity index (χ2v) is 6.04. The van der Waals surface area contributed by atoms with Gasteiger partial charge in [0, 0.05) is 33.9 Å². The van der Waals surface area contributed by atoms with Crippen molar-refractivity contribution in [1.82, 2.24) is 10.3 Å². The van der Waals surface area contributed by atoms with Crippen LogP contribution in [-0.4, -0.2) is 18.6 Å². The monoisotopic (exact) mass is 302 g/mol. The van der Waals surface area contributed by atoms with Crippen molar-refractivity contribution in [2.75, 3.05) is 13.6 Å². The van der Waals surface area contributed by atoms with E-state index in [2.05, 4.69) is 37.7 Å². The van der Waals surface area contributed by atoms with Gasteiger partial charge in [0.1, 0.15) is 0 Å². The van der Waals surface area contributed by atoms with E-state index in [1.165, 1.54) is 14.8 Å². The number of hydrogen-bond acceptors (Lipinski definition) is 4. The lowest BCUT2D eigenvalue weighted by atomic mass is 10.4. The fraction of sp³-hybridized carbons (Fsp3) is 0.300. The first-order chi connectivity index (χ1) is 7.29. The Hall–Kier alpha value is -0.230. The molecule has 0 fully saturated rings. The molecule has 0 aliphatic heterocycles. The highest BCUT2D eigenvalue weighted by Gasteiger charge is 2.06. The van der Waals surface area contributed by atoms with E-state index in [1.807, 2.05) is 13.2 Å². The zero-order valence-electron chi connectivity index (χ0n) is 8.29. The summed E-state index contributed by atoms with van der Waals surface area (Å²) in [5.74, 6) is 0. The van der Waals surface area contributed by atoms with Crippen LogP contribution in [0.5, 0.6) is 0 Å². The van der Waals surface area contributed by atoms with Gasteiger partial charge in [-0.05, 0) is 29.0 Å². The molecule has 0 atom stereocenters. The van der Waals surface area contributed by atoms with Crippen LogP contribution in [0.25, 0.3) is 9.75 Å². The molecule has 80 valence electrons. The molecule has 0 amide bonds. The van der Waals surface area contributed by atoms with Gasteiger partial charge in [0.15, 0.2) is 0 Å². The quantitative estimate of drug-likeness (QED) is 0.936. The van der Waals surface area contributed by atoms with E-state index in [4.69, 9.17) is 0 Å². The summed E-state index contributed by atoms with van der Waals surface area (Å²) in [4.78, 5) is 6.96. The second-order valence-electron chi connectivity index (χ2n) is 3.10. The van der Waals surface area contributed by atoms with Crippen LogP contribution >= 0.6 is 38.6 Å². The molecule has 2 nitrogen and oxygen atoms in total. The Labute approximate surface area is 106 Å². The molecule has 5 heteroatoms. The van der Waals surface area contributed by atoms with Crippen molar-refractivity contribution in [3.63, 3.8) is 0 Å². The van der Waals surface area contributed by atoms with Crippen molar-refractivity contribution in [1.29, 1.82) is 0 Å². The first kappa shape index (κ1) is 11.3. The summed E-state index contributed by atoms with van der Waals surface area (Å²) >= 11 is 6.99. The normalized spacial score (nSPS) is 10.8. The van der Waals surface area contributed by atoms with E-state index in [0.717, 1.165) is 17.4 Å². The summed E-state index contributed by atoms with van der Waals surface area (Å²) in [5.41, 5.74) is 0. The van der Waals surface area contributed by atoms with Crippen LogP contribution in [0.3, 0.4) is 0 Å². The Morgan fingerprint density at radius 1 is 1.47 bits per heavy atom. The molecule has 0 aromatic carbocycles.